The average Bonchev–Trinajstić information content (AvgIpc) is 3.02. The standard InChI is InChI=1S/C27H25N3O4/c1-34-20-13-11-19(12-14-20)30-24(28-22-9-3-2-8-21(22)26(30)32)15-17-29-16-5-7-18-6-4-10-23(31)25(18)27(29)33/h2-4,6,8-14,31H,5,7,15-17H2,1H3. The normalized spacial score (nSPS) is 13.6. The molecule has 1 aromatic heterocycles. The van der Waals surface area contributed by atoms with E-state index in [4.69, 9.17) is 9.72 Å². The van der Waals surface area contributed by atoms with Crippen LogP contribution in [0.2, 0.25) is 0 Å². The third kappa shape index (κ3) is 3.90. The summed E-state index contributed by atoms with van der Waals surface area (Å²) in [6.45, 7) is 0.959. The predicted octanol–water partition coefficient (Wildman–Crippen LogP) is 3.73. The maximum Gasteiger partial charge on any atom is 0.265 e. The van der Waals surface area contributed by atoms with Gasteiger partial charge in [-0.25, -0.2) is 4.98 Å². The van der Waals surface area contributed by atoms with Crippen molar-refractivity contribution in [3.63, 3.8) is 0 Å². The van der Waals surface area contributed by atoms with Crippen LogP contribution in [0.1, 0.15) is 28.2 Å². The Morgan fingerprint density at radius 3 is 2.59 bits per heavy atom. The third-order valence-corrected chi connectivity index (χ3v) is 6.29. The van der Waals surface area contributed by atoms with Crippen molar-refractivity contribution in [1.82, 2.24) is 14.5 Å². The van der Waals surface area contributed by atoms with Crippen LogP contribution in [0.25, 0.3) is 16.6 Å². The lowest BCUT2D eigenvalue weighted by Crippen LogP contribution is -2.34. The van der Waals surface area contributed by atoms with E-state index in [1.807, 2.05) is 36.4 Å². The summed E-state index contributed by atoms with van der Waals surface area (Å²) in [5.41, 5.74) is 2.39. The Hall–Kier alpha value is -4.13. The number of ether oxygens (including phenoxy) is 1. The van der Waals surface area contributed by atoms with Crippen molar-refractivity contribution in [1.29, 1.82) is 0 Å². The van der Waals surface area contributed by atoms with Crippen LogP contribution in [0, 0.1) is 0 Å². The lowest BCUT2D eigenvalue weighted by Gasteiger charge is -2.22. The molecule has 34 heavy (non-hydrogen) atoms. The molecule has 0 saturated heterocycles. The second kappa shape index (κ2) is 9.02. The first kappa shape index (κ1) is 21.7. The molecule has 1 aliphatic heterocycles. The van der Waals surface area contributed by atoms with Gasteiger partial charge in [0.25, 0.3) is 11.5 Å². The number of carbonyl (C=O) groups is 1. The number of aryl methyl sites for hydroxylation is 1. The summed E-state index contributed by atoms with van der Waals surface area (Å²) < 4.78 is 6.86. The minimum Gasteiger partial charge on any atom is -0.507 e. The highest BCUT2D eigenvalue weighted by Gasteiger charge is 2.25. The highest BCUT2D eigenvalue weighted by Crippen LogP contribution is 2.27. The number of aromatic nitrogens is 2. The number of aromatic hydroxyl groups is 1. The lowest BCUT2D eigenvalue weighted by atomic mass is 10.0. The van der Waals surface area contributed by atoms with E-state index in [1.54, 1.807) is 46.9 Å². The summed E-state index contributed by atoms with van der Waals surface area (Å²) in [5, 5.41) is 10.9. The van der Waals surface area contributed by atoms with Gasteiger partial charge < -0.3 is 14.7 Å². The first-order valence-electron chi connectivity index (χ1n) is 11.3. The molecule has 0 bridgehead atoms. The molecule has 7 heteroatoms. The zero-order chi connectivity index (χ0) is 23.7. The number of carbonyl (C=O) groups excluding carboxylic acids is 1. The van der Waals surface area contributed by atoms with E-state index in [-0.39, 0.29) is 17.2 Å². The number of methoxy groups -OCH3 is 1. The second-order valence-electron chi connectivity index (χ2n) is 8.34. The summed E-state index contributed by atoms with van der Waals surface area (Å²) in [7, 11) is 1.60. The summed E-state index contributed by atoms with van der Waals surface area (Å²) in [4.78, 5) is 33.2. The van der Waals surface area contributed by atoms with Crippen molar-refractivity contribution < 1.29 is 14.6 Å². The fraction of sp³-hybridized carbons (Fsp3) is 0.222. The van der Waals surface area contributed by atoms with Gasteiger partial charge in [0.2, 0.25) is 0 Å². The Balaban J connectivity index is 1.53. The van der Waals surface area contributed by atoms with Gasteiger partial charge in [-0.2, -0.15) is 0 Å². The van der Waals surface area contributed by atoms with Gasteiger partial charge in [-0.3, -0.25) is 14.2 Å². The zero-order valence-corrected chi connectivity index (χ0v) is 18.9. The van der Waals surface area contributed by atoms with E-state index in [2.05, 4.69) is 0 Å². The third-order valence-electron chi connectivity index (χ3n) is 6.29. The van der Waals surface area contributed by atoms with Gasteiger partial charge in [-0.05, 0) is 60.9 Å². The first-order chi connectivity index (χ1) is 16.6. The molecule has 4 aromatic rings. The van der Waals surface area contributed by atoms with Gasteiger partial charge >= 0.3 is 0 Å². The molecule has 0 fully saturated rings. The van der Waals surface area contributed by atoms with Crippen molar-refractivity contribution in [3.8, 4) is 17.2 Å². The number of fused-ring (bicyclic) bond motifs is 2. The summed E-state index contributed by atoms with van der Waals surface area (Å²) in [5.74, 6) is 1.09. The Morgan fingerprint density at radius 1 is 1.00 bits per heavy atom. The minimum atomic E-state index is -0.190. The lowest BCUT2D eigenvalue weighted by molar-refractivity contribution is 0.0759. The molecule has 7 nitrogen and oxygen atoms in total. The molecule has 0 spiro atoms. The molecule has 1 aliphatic rings. The number of para-hydroxylation sites is 1. The Labute approximate surface area is 196 Å². The topological polar surface area (TPSA) is 84.7 Å². The van der Waals surface area contributed by atoms with Gasteiger partial charge in [0.15, 0.2) is 0 Å². The minimum absolute atomic E-state index is 0.00775. The molecule has 172 valence electrons. The summed E-state index contributed by atoms with van der Waals surface area (Å²) in [6.07, 6.45) is 1.93. The Bertz CT molecular complexity index is 1430. The Morgan fingerprint density at radius 2 is 1.79 bits per heavy atom. The SMILES string of the molecule is COc1ccc(-n2c(CCN3CCCc4cccc(O)c4C3=O)nc3ccccc3c2=O)cc1. The zero-order valence-electron chi connectivity index (χ0n) is 18.9. The number of benzene rings is 3. The molecule has 0 aliphatic carbocycles. The van der Waals surface area contributed by atoms with Crippen LogP contribution in [0.15, 0.2) is 71.5 Å². The molecule has 0 radical (unpaired) electrons. The van der Waals surface area contributed by atoms with Crippen molar-refractivity contribution in [2.75, 3.05) is 20.2 Å². The molecule has 1 amide bonds. The van der Waals surface area contributed by atoms with Crippen LogP contribution in [-0.4, -0.2) is 45.7 Å². The number of rotatable bonds is 5. The monoisotopic (exact) mass is 455 g/mol. The van der Waals surface area contributed by atoms with Crippen LogP contribution < -0.4 is 10.3 Å². The van der Waals surface area contributed by atoms with E-state index < -0.39 is 0 Å². The highest BCUT2D eigenvalue weighted by atomic mass is 16.5. The number of hydrogen-bond acceptors (Lipinski definition) is 5. The smallest absolute Gasteiger partial charge is 0.265 e. The molecular formula is C27H25N3O4. The van der Waals surface area contributed by atoms with Crippen molar-refractivity contribution in [2.45, 2.75) is 19.3 Å². The average molecular weight is 456 g/mol. The molecule has 5 rings (SSSR count). The van der Waals surface area contributed by atoms with E-state index >= 15 is 0 Å². The van der Waals surface area contributed by atoms with Crippen LogP contribution >= 0.6 is 0 Å². The molecule has 0 unspecified atom stereocenters. The number of phenols is 1. The molecule has 0 saturated carbocycles. The van der Waals surface area contributed by atoms with Gasteiger partial charge in [0, 0.05) is 19.5 Å². The maximum absolute atomic E-state index is 13.5. The predicted molar refractivity (Wildman–Crippen MR) is 130 cm³/mol. The molecular weight excluding hydrogens is 430 g/mol. The van der Waals surface area contributed by atoms with Gasteiger partial charge in [-0.1, -0.05) is 24.3 Å². The van der Waals surface area contributed by atoms with Crippen molar-refractivity contribution in [3.05, 3.63) is 94.0 Å². The van der Waals surface area contributed by atoms with E-state index in [0.29, 0.717) is 53.2 Å². The second-order valence-corrected chi connectivity index (χ2v) is 8.34. The largest absolute Gasteiger partial charge is 0.507 e. The van der Waals surface area contributed by atoms with Crippen LogP contribution in [0.5, 0.6) is 11.5 Å². The summed E-state index contributed by atoms with van der Waals surface area (Å²) in [6, 6.07) is 19.7. The molecule has 2 heterocycles. The van der Waals surface area contributed by atoms with Gasteiger partial charge in [-0.15, -0.1) is 0 Å². The Kier molecular flexibility index (Phi) is 5.76. The molecule has 1 N–H and O–H groups in total. The van der Waals surface area contributed by atoms with Gasteiger partial charge in [0.1, 0.15) is 17.3 Å². The van der Waals surface area contributed by atoms with Crippen LogP contribution in [-0.2, 0) is 12.8 Å². The van der Waals surface area contributed by atoms with Crippen LogP contribution in [0.4, 0.5) is 0 Å². The quantitative estimate of drug-likeness (QED) is 0.496. The fourth-order valence-electron chi connectivity index (χ4n) is 4.55. The fourth-order valence-corrected chi connectivity index (χ4v) is 4.55. The maximum atomic E-state index is 13.5. The number of amides is 1. The van der Waals surface area contributed by atoms with E-state index in [1.165, 1.54) is 0 Å². The molecule has 3 aromatic carbocycles. The number of nitrogens with zero attached hydrogens (tertiary/aromatic N) is 3. The van der Waals surface area contributed by atoms with E-state index in [0.717, 1.165) is 18.4 Å². The molecule has 0 atom stereocenters. The number of hydrogen-bond donors (Lipinski definition) is 1. The summed E-state index contributed by atoms with van der Waals surface area (Å²) >= 11 is 0. The first-order valence-corrected chi connectivity index (χ1v) is 11.3. The highest BCUT2D eigenvalue weighted by molar-refractivity contribution is 5.98. The number of phenolic OH excluding ortho intramolecular Hbond substituents is 1. The van der Waals surface area contributed by atoms with Gasteiger partial charge in [0.05, 0.1) is 29.3 Å². The van der Waals surface area contributed by atoms with Crippen molar-refractivity contribution >= 4 is 16.8 Å². The van der Waals surface area contributed by atoms with Crippen molar-refractivity contribution in [2.24, 2.45) is 0 Å². The van der Waals surface area contributed by atoms with E-state index in [9.17, 15) is 14.7 Å². The van der Waals surface area contributed by atoms with Crippen LogP contribution in [0.3, 0.4) is 0 Å².